The van der Waals surface area contributed by atoms with Gasteiger partial charge in [-0.1, -0.05) is 19.1 Å². The Morgan fingerprint density at radius 3 is 3.00 bits per heavy atom. The summed E-state index contributed by atoms with van der Waals surface area (Å²) in [6.45, 7) is 4.12. The van der Waals surface area contributed by atoms with E-state index < -0.39 is 0 Å². The zero-order chi connectivity index (χ0) is 14.5. The second kappa shape index (κ2) is 6.62. The number of benzene rings is 1. The molecule has 2 rings (SSSR count). The van der Waals surface area contributed by atoms with Crippen molar-refractivity contribution in [2.45, 2.75) is 20.0 Å². The number of hydrogen-bond acceptors (Lipinski definition) is 4. The fourth-order valence-corrected chi connectivity index (χ4v) is 2.44. The molecule has 0 amide bonds. The molecule has 0 atom stereocenters. The Morgan fingerprint density at radius 1 is 1.50 bits per heavy atom. The first-order valence-electron chi connectivity index (χ1n) is 6.26. The predicted molar refractivity (Wildman–Crippen MR) is 79.5 cm³/mol. The van der Waals surface area contributed by atoms with Crippen LogP contribution in [0.1, 0.15) is 18.3 Å². The van der Waals surface area contributed by atoms with Gasteiger partial charge in [0.25, 0.3) is 5.69 Å². The lowest BCUT2D eigenvalue weighted by Crippen LogP contribution is -2.16. The second-order valence-electron chi connectivity index (χ2n) is 4.26. The summed E-state index contributed by atoms with van der Waals surface area (Å²) >= 11 is 3.31. The summed E-state index contributed by atoms with van der Waals surface area (Å²) < 4.78 is 2.50. The molecule has 0 spiro atoms. The van der Waals surface area contributed by atoms with Crippen molar-refractivity contribution < 1.29 is 4.92 Å². The van der Waals surface area contributed by atoms with Crippen molar-refractivity contribution in [3.05, 3.63) is 56.6 Å². The first kappa shape index (κ1) is 14.7. The van der Waals surface area contributed by atoms with Crippen LogP contribution >= 0.6 is 15.9 Å². The van der Waals surface area contributed by atoms with Gasteiger partial charge in [0.1, 0.15) is 10.3 Å². The fraction of sp³-hybridized carbons (Fsp3) is 0.308. The average molecular weight is 339 g/mol. The number of nitro benzene ring substituents is 1. The van der Waals surface area contributed by atoms with Crippen LogP contribution in [0.4, 0.5) is 5.69 Å². The highest BCUT2D eigenvalue weighted by atomic mass is 79.9. The summed E-state index contributed by atoms with van der Waals surface area (Å²) in [6.07, 6.45) is 3.61. The van der Waals surface area contributed by atoms with Gasteiger partial charge in [0.05, 0.1) is 18.0 Å². The molecule has 0 bridgehead atoms. The van der Waals surface area contributed by atoms with E-state index in [2.05, 4.69) is 26.2 Å². The molecule has 106 valence electrons. The molecular formula is C13H15BrN4O2. The maximum Gasteiger partial charge on any atom is 0.283 e. The lowest BCUT2D eigenvalue weighted by molar-refractivity contribution is -0.385. The van der Waals surface area contributed by atoms with Gasteiger partial charge in [0, 0.05) is 18.5 Å². The van der Waals surface area contributed by atoms with Gasteiger partial charge in [-0.05, 0) is 28.0 Å². The van der Waals surface area contributed by atoms with Crippen LogP contribution in [0.15, 0.2) is 35.1 Å². The largest absolute Gasteiger partial charge is 0.329 e. The molecular weight excluding hydrogens is 324 g/mol. The van der Waals surface area contributed by atoms with Crippen LogP contribution in [0.2, 0.25) is 0 Å². The van der Waals surface area contributed by atoms with Gasteiger partial charge in [-0.2, -0.15) is 0 Å². The highest BCUT2D eigenvalue weighted by molar-refractivity contribution is 9.10. The molecule has 0 fully saturated rings. The Labute approximate surface area is 125 Å². The summed E-state index contributed by atoms with van der Waals surface area (Å²) in [6, 6.07) is 5.05. The quantitative estimate of drug-likeness (QED) is 0.649. The molecule has 2 aromatic rings. The molecule has 0 aliphatic carbocycles. The topological polar surface area (TPSA) is 73.0 Å². The summed E-state index contributed by atoms with van der Waals surface area (Å²) in [5.74, 6) is 0.908. The van der Waals surface area contributed by atoms with Gasteiger partial charge in [0.2, 0.25) is 0 Å². The molecule has 7 heteroatoms. The molecule has 0 saturated heterocycles. The number of hydrogen-bond donors (Lipinski definition) is 1. The van der Waals surface area contributed by atoms with Gasteiger partial charge in [-0.3, -0.25) is 10.1 Å². The van der Waals surface area contributed by atoms with Gasteiger partial charge in [0.15, 0.2) is 0 Å². The van der Waals surface area contributed by atoms with Crippen LogP contribution in [0.5, 0.6) is 0 Å². The lowest BCUT2D eigenvalue weighted by atomic mass is 10.2. The minimum atomic E-state index is -0.388. The first-order valence-corrected chi connectivity index (χ1v) is 7.05. The number of halogens is 1. The molecule has 0 aliphatic heterocycles. The van der Waals surface area contributed by atoms with Gasteiger partial charge in [-0.25, -0.2) is 4.98 Å². The molecule has 0 radical (unpaired) electrons. The van der Waals surface area contributed by atoms with Crippen LogP contribution in [0.25, 0.3) is 0 Å². The van der Waals surface area contributed by atoms with Crippen molar-refractivity contribution in [2.24, 2.45) is 0 Å². The average Bonchev–Trinajstić information content (AvgIpc) is 2.85. The Bertz CT molecular complexity index is 612. The molecule has 1 heterocycles. The van der Waals surface area contributed by atoms with E-state index in [4.69, 9.17) is 0 Å². The number of imidazole rings is 1. The first-order chi connectivity index (χ1) is 9.63. The van der Waals surface area contributed by atoms with Gasteiger partial charge >= 0.3 is 0 Å². The normalized spacial score (nSPS) is 10.7. The minimum absolute atomic E-state index is 0.0795. The third-order valence-electron chi connectivity index (χ3n) is 2.93. The maximum atomic E-state index is 10.9. The highest BCUT2D eigenvalue weighted by Gasteiger charge is 2.15. The Balaban J connectivity index is 2.24. The summed E-state index contributed by atoms with van der Waals surface area (Å²) in [5.41, 5.74) is 0.936. The molecule has 0 saturated carbocycles. The predicted octanol–water partition coefficient (Wildman–Crippen LogP) is 2.71. The van der Waals surface area contributed by atoms with Crippen molar-refractivity contribution in [3.8, 4) is 0 Å². The van der Waals surface area contributed by atoms with E-state index in [1.165, 1.54) is 6.07 Å². The van der Waals surface area contributed by atoms with Crippen LogP contribution in [-0.2, 0) is 13.1 Å². The number of rotatable bonds is 6. The Morgan fingerprint density at radius 2 is 2.30 bits per heavy atom. The van der Waals surface area contributed by atoms with E-state index in [9.17, 15) is 10.1 Å². The van der Waals surface area contributed by atoms with Crippen molar-refractivity contribution in [3.63, 3.8) is 0 Å². The number of nitrogens with zero attached hydrogens (tertiary/aromatic N) is 3. The molecule has 0 unspecified atom stereocenters. The zero-order valence-corrected chi connectivity index (χ0v) is 12.6. The number of aromatic nitrogens is 2. The molecule has 0 aliphatic rings. The second-order valence-corrected chi connectivity index (χ2v) is 5.05. The van der Waals surface area contributed by atoms with Gasteiger partial charge < -0.3 is 9.88 Å². The van der Waals surface area contributed by atoms with Crippen molar-refractivity contribution in [2.75, 3.05) is 6.54 Å². The smallest absolute Gasteiger partial charge is 0.283 e. The van der Waals surface area contributed by atoms with Gasteiger partial charge in [-0.15, -0.1) is 0 Å². The number of nitrogens with one attached hydrogen (secondary N) is 1. The molecule has 20 heavy (non-hydrogen) atoms. The standard InChI is InChI=1S/C13H15BrN4O2/c1-2-15-8-12-16-6-7-17(12)9-10-4-3-5-11(13(10)14)18(19)20/h3-7,15H,2,8-9H2,1H3. The maximum absolute atomic E-state index is 10.9. The Kier molecular flexibility index (Phi) is 4.86. The zero-order valence-electron chi connectivity index (χ0n) is 11.0. The van der Waals surface area contributed by atoms with E-state index in [1.807, 2.05) is 23.8 Å². The Hall–Kier alpha value is -1.73. The van der Waals surface area contributed by atoms with Crippen LogP contribution in [0, 0.1) is 10.1 Å². The minimum Gasteiger partial charge on any atom is -0.329 e. The fourth-order valence-electron chi connectivity index (χ4n) is 1.90. The summed E-state index contributed by atoms with van der Waals surface area (Å²) in [5, 5.41) is 14.1. The van der Waals surface area contributed by atoms with E-state index >= 15 is 0 Å². The van der Waals surface area contributed by atoms with E-state index in [-0.39, 0.29) is 10.6 Å². The molecule has 6 nitrogen and oxygen atoms in total. The summed E-state index contributed by atoms with van der Waals surface area (Å²) in [7, 11) is 0. The van der Waals surface area contributed by atoms with Crippen molar-refractivity contribution >= 4 is 21.6 Å². The lowest BCUT2D eigenvalue weighted by Gasteiger charge is -2.10. The van der Waals surface area contributed by atoms with Crippen molar-refractivity contribution in [1.29, 1.82) is 0 Å². The third-order valence-corrected chi connectivity index (χ3v) is 3.85. The molecule has 1 N–H and O–H groups in total. The van der Waals surface area contributed by atoms with Crippen LogP contribution in [0.3, 0.4) is 0 Å². The SMILES string of the molecule is CCNCc1nccn1Cc1cccc([N+](=O)[O-])c1Br. The highest BCUT2D eigenvalue weighted by Crippen LogP contribution is 2.28. The third kappa shape index (κ3) is 3.23. The number of nitro groups is 1. The van der Waals surface area contributed by atoms with Crippen LogP contribution in [-0.4, -0.2) is 21.0 Å². The molecule has 1 aromatic carbocycles. The monoisotopic (exact) mass is 338 g/mol. The molecule has 1 aromatic heterocycles. The van der Waals surface area contributed by atoms with Crippen molar-refractivity contribution in [1.82, 2.24) is 14.9 Å². The van der Waals surface area contributed by atoms with E-state index in [1.54, 1.807) is 12.3 Å². The van der Waals surface area contributed by atoms with E-state index in [0.717, 1.165) is 17.9 Å². The van der Waals surface area contributed by atoms with E-state index in [0.29, 0.717) is 17.6 Å². The summed E-state index contributed by atoms with van der Waals surface area (Å²) in [4.78, 5) is 14.8. The van der Waals surface area contributed by atoms with Crippen LogP contribution < -0.4 is 5.32 Å².